The Morgan fingerprint density at radius 3 is 2.47 bits per heavy atom. The van der Waals surface area contributed by atoms with E-state index in [4.69, 9.17) is 4.74 Å². The Balaban J connectivity index is 1.54. The van der Waals surface area contributed by atoms with Gasteiger partial charge < -0.3 is 24.8 Å². The molecule has 2 aromatic heterocycles. The Morgan fingerprint density at radius 1 is 1.14 bits per heavy atom. The van der Waals surface area contributed by atoms with E-state index in [0.717, 1.165) is 28.1 Å². The van der Waals surface area contributed by atoms with Gasteiger partial charge in [0.05, 0.1) is 34.4 Å². The monoisotopic (exact) mass is 491 g/mol. The SMILES string of the molecule is C=C(C(=O)Nc1ccc2cn[nH]c2c1)/C(=C\c1[nH]c(C)nc1C)N1CCN(C(=O)OC(C)(C)C)CC1. The molecule has 1 fully saturated rings. The van der Waals surface area contributed by atoms with Gasteiger partial charge in [0.1, 0.15) is 11.4 Å². The summed E-state index contributed by atoms with van der Waals surface area (Å²) in [4.78, 5) is 37.2. The highest BCUT2D eigenvalue weighted by Gasteiger charge is 2.28. The van der Waals surface area contributed by atoms with Crippen LogP contribution in [-0.2, 0) is 9.53 Å². The van der Waals surface area contributed by atoms with Gasteiger partial charge in [0.25, 0.3) is 5.91 Å². The van der Waals surface area contributed by atoms with E-state index < -0.39 is 5.60 Å². The first-order valence-corrected chi connectivity index (χ1v) is 11.9. The average molecular weight is 492 g/mol. The van der Waals surface area contributed by atoms with Crippen LogP contribution in [0.15, 0.2) is 42.2 Å². The van der Waals surface area contributed by atoms with Crippen molar-refractivity contribution in [1.82, 2.24) is 30.0 Å². The Kier molecular flexibility index (Phi) is 6.87. The van der Waals surface area contributed by atoms with Crippen molar-refractivity contribution in [1.29, 1.82) is 0 Å². The molecule has 0 bridgehead atoms. The molecule has 0 aliphatic carbocycles. The molecule has 0 spiro atoms. The van der Waals surface area contributed by atoms with Crippen molar-refractivity contribution in [3.63, 3.8) is 0 Å². The number of ether oxygens (including phenoxy) is 1. The van der Waals surface area contributed by atoms with Gasteiger partial charge in [-0.3, -0.25) is 9.89 Å². The molecule has 4 rings (SSSR count). The molecule has 190 valence electrons. The van der Waals surface area contributed by atoms with Crippen LogP contribution in [0.5, 0.6) is 0 Å². The lowest BCUT2D eigenvalue weighted by molar-refractivity contribution is -0.112. The van der Waals surface area contributed by atoms with Gasteiger partial charge >= 0.3 is 6.09 Å². The van der Waals surface area contributed by atoms with Gasteiger partial charge in [-0.15, -0.1) is 0 Å². The quantitative estimate of drug-likeness (QED) is 0.367. The number of nitrogens with zero attached hydrogens (tertiary/aromatic N) is 4. The largest absolute Gasteiger partial charge is 0.444 e. The van der Waals surface area contributed by atoms with Gasteiger partial charge in [-0.05, 0) is 58.9 Å². The predicted molar refractivity (Wildman–Crippen MR) is 139 cm³/mol. The molecule has 10 heteroatoms. The summed E-state index contributed by atoms with van der Waals surface area (Å²) in [5.41, 5.74) is 3.54. The number of rotatable bonds is 5. The lowest BCUT2D eigenvalue weighted by atomic mass is 10.1. The fraction of sp³-hybridized carbons (Fsp3) is 0.385. The second-order valence-electron chi connectivity index (χ2n) is 9.91. The molecule has 36 heavy (non-hydrogen) atoms. The van der Waals surface area contributed by atoms with E-state index in [1.165, 1.54) is 0 Å². The van der Waals surface area contributed by atoms with Gasteiger partial charge in [0, 0.05) is 37.3 Å². The van der Waals surface area contributed by atoms with Crippen molar-refractivity contribution in [3.05, 3.63) is 59.5 Å². The van der Waals surface area contributed by atoms with Crippen LogP contribution in [0.3, 0.4) is 0 Å². The maximum Gasteiger partial charge on any atom is 0.410 e. The number of anilines is 1. The number of carbonyl (C=O) groups is 2. The molecule has 0 unspecified atom stereocenters. The van der Waals surface area contributed by atoms with Crippen LogP contribution in [-0.4, -0.2) is 73.7 Å². The maximum absolute atomic E-state index is 13.3. The Labute approximate surface area is 210 Å². The van der Waals surface area contributed by atoms with Crippen LogP contribution in [0.2, 0.25) is 0 Å². The Morgan fingerprint density at radius 2 is 1.83 bits per heavy atom. The van der Waals surface area contributed by atoms with E-state index in [9.17, 15) is 9.59 Å². The molecule has 2 amide bonds. The summed E-state index contributed by atoms with van der Waals surface area (Å²) < 4.78 is 5.52. The van der Waals surface area contributed by atoms with Crippen molar-refractivity contribution < 1.29 is 14.3 Å². The van der Waals surface area contributed by atoms with Crippen LogP contribution in [0.25, 0.3) is 17.0 Å². The predicted octanol–water partition coefficient (Wildman–Crippen LogP) is 3.99. The molecule has 1 saturated heterocycles. The third-order valence-corrected chi connectivity index (χ3v) is 5.88. The molecule has 10 nitrogen and oxygen atoms in total. The molecule has 1 aliphatic heterocycles. The minimum absolute atomic E-state index is 0.316. The molecular formula is C26H33N7O3. The van der Waals surface area contributed by atoms with E-state index in [0.29, 0.717) is 43.1 Å². The third kappa shape index (κ3) is 5.76. The normalized spacial score (nSPS) is 14.8. The van der Waals surface area contributed by atoms with Crippen LogP contribution in [0.4, 0.5) is 10.5 Å². The number of amides is 2. The molecule has 0 atom stereocenters. The Bertz CT molecular complexity index is 1320. The third-order valence-electron chi connectivity index (χ3n) is 5.88. The summed E-state index contributed by atoms with van der Waals surface area (Å²) in [5.74, 6) is 0.472. The summed E-state index contributed by atoms with van der Waals surface area (Å²) in [6.07, 6.45) is 3.30. The zero-order valence-corrected chi connectivity index (χ0v) is 21.4. The molecule has 3 heterocycles. The van der Waals surface area contributed by atoms with E-state index >= 15 is 0 Å². The van der Waals surface area contributed by atoms with Crippen molar-refractivity contribution in [3.8, 4) is 0 Å². The smallest absolute Gasteiger partial charge is 0.410 e. The maximum atomic E-state index is 13.3. The lowest BCUT2D eigenvalue weighted by Gasteiger charge is -2.38. The minimum Gasteiger partial charge on any atom is -0.444 e. The second-order valence-corrected chi connectivity index (χ2v) is 9.91. The van der Waals surface area contributed by atoms with Crippen molar-refractivity contribution in [2.24, 2.45) is 0 Å². The number of carbonyl (C=O) groups excluding carboxylic acids is 2. The number of hydrogen-bond donors (Lipinski definition) is 3. The highest BCUT2D eigenvalue weighted by molar-refractivity contribution is 6.07. The number of aryl methyl sites for hydroxylation is 2. The fourth-order valence-electron chi connectivity index (χ4n) is 4.07. The number of benzene rings is 1. The van der Waals surface area contributed by atoms with Crippen molar-refractivity contribution >= 4 is 34.7 Å². The zero-order valence-electron chi connectivity index (χ0n) is 21.4. The van der Waals surface area contributed by atoms with Crippen molar-refractivity contribution in [2.75, 3.05) is 31.5 Å². The average Bonchev–Trinajstić information content (AvgIpc) is 3.40. The van der Waals surface area contributed by atoms with Gasteiger partial charge in [0.15, 0.2) is 0 Å². The topological polar surface area (TPSA) is 119 Å². The highest BCUT2D eigenvalue weighted by atomic mass is 16.6. The first kappa shape index (κ1) is 25.0. The number of imidazole rings is 1. The lowest BCUT2D eigenvalue weighted by Crippen LogP contribution is -2.50. The Hall–Kier alpha value is -4.08. The first-order valence-electron chi connectivity index (χ1n) is 11.9. The molecule has 1 aliphatic rings. The van der Waals surface area contributed by atoms with E-state index in [1.54, 1.807) is 11.1 Å². The molecule has 0 radical (unpaired) electrons. The van der Waals surface area contributed by atoms with E-state index in [2.05, 4.69) is 37.0 Å². The summed E-state index contributed by atoms with van der Waals surface area (Å²) in [6, 6.07) is 5.55. The first-order chi connectivity index (χ1) is 17.0. The van der Waals surface area contributed by atoms with Gasteiger partial charge in [-0.25, -0.2) is 9.78 Å². The number of fused-ring (bicyclic) bond motifs is 1. The number of H-pyrrole nitrogens is 2. The van der Waals surface area contributed by atoms with E-state index in [-0.39, 0.29) is 12.0 Å². The number of nitrogens with one attached hydrogen (secondary N) is 3. The van der Waals surface area contributed by atoms with Crippen LogP contribution < -0.4 is 5.32 Å². The van der Waals surface area contributed by atoms with Crippen LogP contribution >= 0.6 is 0 Å². The van der Waals surface area contributed by atoms with Gasteiger partial charge in [0.2, 0.25) is 0 Å². The zero-order chi connectivity index (χ0) is 26.0. The van der Waals surface area contributed by atoms with Crippen LogP contribution in [0, 0.1) is 13.8 Å². The summed E-state index contributed by atoms with van der Waals surface area (Å²) in [6.45, 7) is 15.5. The molecular weight excluding hydrogens is 458 g/mol. The van der Waals surface area contributed by atoms with E-state index in [1.807, 2.05) is 58.9 Å². The molecule has 1 aromatic carbocycles. The van der Waals surface area contributed by atoms with Gasteiger partial charge in [-0.2, -0.15) is 5.10 Å². The number of hydrogen-bond acceptors (Lipinski definition) is 6. The number of aromatic nitrogens is 4. The van der Waals surface area contributed by atoms with Crippen LogP contribution in [0.1, 0.15) is 38.0 Å². The van der Waals surface area contributed by atoms with Crippen molar-refractivity contribution in [2.45, 2.75) is 40.2 Å². The minimum atomic E-state index is -0.555. The second kappa shape index (κ2) is 9.88. The summed E-state index contributed by atoms with van der Waals surface area (Å²) in [7, 11) is 0. The summed E-state index contributed by atoms with van der Waals surface area (Å²) >= 11 is 0. The highest BCUT2D eigenvalue weighted by Crippen LogP contribution is 2.24. The summed E-state index contributed by atoms with van der Waals surface area (Å²) in [5, 5.41) is 10.8. The number of aromatic amines is 2. The molecule has 0 saturated carbocycles. The van der Waals surface area contributed by atoms with Gasteiger partial charge in [-0.1, -0.05) is 6.58 Å². The molecule has 3 N–H and O–H groups in total. The number of piperazine rings is 1. The standard InChI is InChI=1S/C26H33N7O3/c1-16(24(34)30-20-8-7-19-15-27-31-22(19)13-20)23(14-21-17(2)28-18(3)29-21)32-9-11-33(12-10-32)25(35)36-26(4,5)6/h7-8,13-15H,1,9-12H2,2-6H3,(H,27,31)(H,28,29)(H,30,34)/b23-14+. The molecule has 3 aromatic rings. The fourth-order valence-corrected chi connectivity index (χ4v) is 4.07.